The second-order valence-electron chi connectivity index (χ2n) is 7.53. The van der Waals surface area contributed by atoms with Crippen LogP contribution in [0, 0.1) is 23.7 Å². The molecule has 0 aromatic carbocycles. The molecular formula is C25H41NaO2. The molecule has 0 saturated heterocycles. The van der Waals surface area contributed by atoms with E-state index < -0.39 is 5.97 Å². The molecule has 0 aromatic heterocycles. The van der Waals surface area contributed by atoms with Crippen molar-refractivity contribution in [2.24, 2.45) is 0 Å². The zero-order valence-electron chi connectivity index (χ0n) is 18.8. The van der Waals surface area contributed by atoms with Gasteiger partial charge in [0.2, 0.25) is 0 Å². The fraction of sp³-hybridized carbons (Fsp3) is 0.800. The van der Waals surface area contributed by atoms with E-state index in [-0.39, 0.29) is 36.0 Å². The molecular weight excluding hydrogens is 355 g/mol. The summed E-state index contributed by atoms with van der Waals surface area (Å²) in [6, 6.07) is 0. The average Bonchev–Trinajstić information content (AvgIpc) is 2.65. The molecule has 0 aliphatic carbocycles. The van der Waals surface area contributed by atoms with Crippen molar-refractivity contribution in [3.8, 4) is 23.7 Å². The Hall–Kier alpha value is -0.410. The molecule has 0 saturated carbocycles. The fourth-order valence-corrected chi connectivity index (χ4v) is 3.10. The molecule has 0 radical (unpaired) electrons. The van der Waals surface area contributed by atoms with Crippen molar-refractivity contribution < 1.29 is 39.5 Å². The largest absolute Gasteiger partial charge is 1.00 e. The third kappa shape index (κ3) is 27.8. The first kappa shape index (κ1) is 29.8. The van der Waals surface area contributed by atoms with Gasteiger partial charge in [-0.2, -0.15) is 0 Å². The minimum atomic E-state index is -0.931. The van der Waals surface area contributed by atoms with Gasteiger partial charge in [-0.05, 0) is 37.5 Å². The topological polar surface area (TPSA) is 40.1 Å². The molecule has 0 amide bonds. The van der Waals surface area contributed by atoms with E-state index in [0.29, 0.717) is 0 Å². The maximum absolute atomic E-state index is 10.3. The third-order valence-corrected chi connectivity index (χ3v) is 4.83. The molecule has 0 N–H and O–H groups in total. The second-order valence-corrected chi connectivity index (χ2v) is 7.53. The van der Waals surface area contributed by atoms with E-state index in [1.807, 2.05) is 0 Å². The molecule has 0 aliphatic heterocycles. The van der Waals surface area contributed by atoms with Gasteiger partial charge in [-0.3, -0.25) is 0 Å². The van der Waals surface area contributed by atoms with Gasteiger partial charge >= 0.3 is 29.6 Å². The molecule has 2 nitrogen and oxygen atoms in total. The van der Waals surface area contributed by atoms with E-state index >= 15 is 0 Å². The van der Waals surface area contributed by atoms with Gasteiger partial charge in [-0.25, -0.2) is 0 Å². The normalized spacial score (nSPS) is 9.61. The first-order valence-electron chi connectivity index (χ1n) is 11.4. The summed E-state index contributed by atoms with van der Waals surface area (Å²) in [7, 11) is 0. The Labute approximate surface area is 197 Å². The molecule has 0 atom stereocenters. The van der Waals surface area contributed by atoms with Gasteiger partial charge < -0.3 is 9.90 Å². The van der Waals surface area contributed by atoms with Crippen LogP contribution >= 0.6 is 0 Å². The Kier molecular flexibility index (Phi) is 28.3. The summed E-state index contributed by atoms with van der Waals surface area (Å²) in [5, 5.41) is 10.3. The number of rotatable bonds is 18. The van der Waals surface area contributed by atoms with Gasteiger partial charge in [0, 0.05) is 18.8 Å². The summed E-state index contributed by atoms with van der Waals surface area (Å²) >= 11 is 0. The Balaban J connectivity index is 0. The monoisotopic (exact) mass is 396 g/mol. The van der Waals surface area contributed by atoms with Crippen molar-refractivity contribution in [3.05, 3.63) is 0 Å². The predicted octanol–water partition coefficient (Wildman–Crippen LogP) is 3.18. The average molecular weight is 397 g/mol. The van der Waals surface area contributed by atoms with Gasteiger partial charge in [0.15, 0.2) is 0 Å². The van der Waals surface area contributed by atoms with Crippen molar-refractivity contribution in [3.63, 3.8) is 0 Å². The standard InChI is InChI=1S/C25H42O2.Na/c1-2-3-4-5-6-7-8-9-10-11-12-13-14-15-16-17-18-19-20-21-22-23-24-25(26)27;/h2-12,17-24H2,1H3,(H,26,27);/q;+1/p-1. The van der Waals surface area contributed by atoms with Crippen LogP contribution in [0.5, 0.6) is 0 Å². The molecule has 0 fully saturated rings. The molecule has 28 heavy (non-hydrogen) atoms. The minimum absolute atomic E-state index is 0. The van der Waals surface area contributed by atoms with Crippen LogP contribution in [-0.2, 0) is 4.79 Å². The van der Waals surface area contributed by atoms with Gasteiger partial charge in [0.25, 0.3) is 0 Å². The Morgan fingerprint density at radius 1 is 0.607 bits per heavy atom. The fourth-order valence-electron chi connectivity index (χ4n) is 3.10. The molecule has 0 unspecified atom stereocenters. The second kappa shape index (κ2) is 26.6. The van der Waals surface area contributed by atoms with Crippen LogP contribution < -0.4 is 34.7 Å². The smallest absolute Gasteiger partial charge is 0.550 e. The summed E-state index contributed by atoms with van der Waals surface area (Å²) in [6.07, 6.45) is 22.1. The van der Waals surface area contributed by atoms with Crippen molar-refractivity contribution in [1.82, 2.24) is 0 Å². The first-order valence-corrected chi connectivity index (χ1v) is 11.4. The van der Waals surface area contributed by atoms with Gasteiger partial charge in [0.1, 0.15) is 0 Å². The van der Waals surface area contributed by atoms with Gasteiger partial charge in [0.05, 0.1) is 0 Å². The molecule has 154 valence electrons. The maximum Gasteiger partial charge on any atom is 1.00 e. The van der Waals surface area contributed by atoms with Gasteiger partial charge in [-0.15, -0.1) is 0 Å². The van der Waals surface area contributed by atoms with E-state index in [9.17, 15) is 9.90 Å². The van der Waals surface area contributed by atoms with Crippen molar-refractivity contribution in [1.29, 1.82) is 0 Å². The van der Waals surface area contributed by atoms with Gasteiger partial charge in [-0.1, -0.05) is 102 Å². The van der Waals surface area contributed by atoms with Crippen LogP contribution in [0.2, 0.25) is 0 Å². The van der Waals surface area contributed by atoms with E-state index in [4.69, 9.17) is 0 Å². The maximum atomic E-state index is 10.3. The predicted molar refractivity (Wildman–Crippen MR) is 114 cm³/mol. The molecule has 0 spiro atoms. The molecule has 0 bridgehead atoms. The van der Waals surface area contributed by atoms with Crippen molar-refractivity contribution in [2.75, 3.05) is 0 Å². The summed E-state index contributed by atoms with van der Waals surface area (Å²) in [5.74, 6) is 11.3. The Bertz CT molecular complexity index is 451. The van der Waals surface area contributed by atoms with Crippen LogP contribution in [0.15, 0.2) is 0 Å². The zero-order valence-corrected chi connectivity index (χ0v) is 20.8. The van der Waals surface area contributed by atoms with Crippen LogP contribution in [0.3, 0.4) is 0 Å². The van der Waals surface area contributed by atoms with Crippen LogP contribution in [0.4, 0.5) is 0 Å². The SMILES string of the molecule is CCCCCCCCCCCCC#CC#CCCCCCCCCC(=O)[O-].[Na+]. The van der Waals surface area contributed by atoms with Crippen LogP contribution in [0.25, 0.3) is 0 Å². The number of carboxylic acids is 1. The number of hydrogen-bond donors (Lipinski definition) is 0. The van der Waals surface area contributed by atoms with E-state index in [1.54, 1.807) is 0 Å². The summed E-state index contributed by atoms with van der Waals surface area (Å²) in [6.45, 7) is 2.27. The van der Waals surface area contributed by atoms with Crippen molar-refractivity contribution in [2.45, 2.75) is 129 Å². The molecule has 0 aliphatic rings. The number of hydrogen-bond acceptors (Lipinski definition) is 2. The number of carbonyl (C=O) groups is 1. The van der Waals surface area contributed by atoms with Crippen LogP contribution in [0.1, 0.15) is 129 Å². The quantitative estimate of drug-likeness (QED) is 0.203. The summed E-state index contributed by atoms with van der Waals surface area (Å²) in [4.78, 5) is 10.3. The third-order valence-electron chi connectivity index (χ3n) is 4.83. The molecule has 0 rings (SSSR count). The minimum Gasteiger partial charge on any atom is -0.550 e. The molecule has 3 heteroatoms. The molecule has 0 heterocycles. The van der Waals surface area contributed by atoms with E-state index in [2.05, 4.69) is 30.6 Å². The first-order chi connectivity index (χ1) is 13.3. The van der Waals surface area contributed by atoms with E-state index in [1.165, 1.54) is 77.0 Å². The molecule has 0 aromatic rings. The number of carboxylic acid groups (broad SMARTS) is 1. The summed E-state index contributed by atoms with van der Waals surface area (Å²) in [5.41, 5.74) is 0. The Morgan fingerprint density at radius 2 is 0.964 bits per heavy atom. The summed E-state index contributed by atoms with van der Waals surface area (Å²) < 4.78 is 0. The zero-order chi connectivity index (χ0) is 19.8. The van der Waals surface area contributed by atoms with E-state index in [0.717, 1.165) is 38.5 Å². The van der Waals surface area contributed by atoms with Crippen molar-refractivity contribution >= 4 is 5.97 Å². The number of aliphatic carboxylic acids is 1. The number of carbonyl (C=O) groups excluding carboxylic acids is 1. The van der Waals surface area contributed by atoms with Crippen LogP contribution in [-0.4, -0.2) is 5.97 Å². The Morgan fingerprint density at radius 3 is 1.36 bits per heavy atom. The number of unbranched alkanes of at least 4 members (excludes halogenated alkanes) is 16.